The van der Waals surface area contributed by atoms with Gasteiger partial charge in [0.25, 0.3) is 5.91 Å². The third-order valence-corrected chi connectivity index (χ3v) is 4.55. The van der Waals surface area contributed by atoms with Gasteiger partial charge in [0.1, 0.15) is 5.82 Å². The quantitative estimate of drug-likeness (QED) is 0.793. The van der Waals surface area contributed by atoms with Crippen LogP contribution in [0.15, 0.2) is 22.7 Å². The number of thioether (sulfide) groups is 1. The molecule has 92 valence electrons. The molecule has 5 heteroatoms. The van der Waals surface area contributed by atoms with Crippen molar-refractivity contribution in [2.75, 3.05) is 24.6 Å². The molecule has 0 aliphatic carbocycles. The number of hydrogen-bond acceptors (Lipinski definition) is 2. The lowest BCUT2D eigenvalue weighted by Crippen LogP contribution is -2.33. The fourth-order valence-corrected chi connectivity index (χ4v) is 3.11. The Morgan fingerprint density at radius 1 is 1.35 bits per heavy atom. The van der Waals surface area contributed by atoms with E-state index in [0.717, 1.165) is 31.0 Å². The molecule has 0 spiro atoms. The molecule has 1 amide bonds. The second-order valence-electron chi connectivity index (χ2n) is 3.86. The predicted molar refractivity (Wildman–Crippen MR) is 71.9 cm³/mol. The van der Waals surface area contributed by atoms with Crippen LogP contribution in [0.3, 0.4) is 0 Å². The number of nitrogens with zero attached hydrogens (tertiary/aromatic N) is 1. The summed E-state index contributed by atoms with van der Waals surface area (Å²) in [7, 11) is 0. The standard InChI is InChI=1S/C12H13BrFNOS/c13-11-9(3-1-4-10(11)14)12(16)15-5-2-7-17-8-6-15/h1,3-4H,2,5-8H2. The van der Waals surface area contributed by atoms with E-state index in [1.165, 1.54) is 6.07 Å². The van der Waals surface area contributed by atoms with E-state index in [0.29, 0.717) is 5.56 Å². The third kappa shape index (κ3) is 3.01. The zero-order valence-electron chi connectivity index (χ0n) is 9.29. The Morgan fingerprint density at radius 2 is 2.18 bits per heavy atom. The Morgan fingerprint density at radius 3 is 3.00 bits per heavy atom. The third-order valence-electron chi connectivity index (χ3n) is 2.69. The number of carbonyl (C=O) groups is 1. The first kappa shape index (κ1) is 12.9. The highest BCUT2D eigenvalue weighted by Gasteiger charge is 2.20. The Balaban J connectivity index is 2.20. The molecule has 0 radical (unpaired) electrons. The van der Waals surface area contributed by atoms with Gasteiger partial charge < -0.3 is 4.90 Å². The molecule has 2 rings (SSSR count). The average molecular weight is 318 g/mol. The van der Waals surface area contributed by atoms with Crippen LogP contribution in [-0.2, 0) is 0 Å². The number of benzene rings is 1. The maximum atomic E-state index is 13.4. The van der Waals surface area contributed by atoms with Crippen molar-refractivity contribution < 1.29 is 9.18 Å². The minimum Gasteiger partial charge on any atom is -0.338 e. The van der Waals surface area contributed by atoms with E-state index in [1.54, 1.807) is 17.0 Å². The molecule has 1 saturated heterocycles. The van der Waals surface area contributed by atoms with E-state index in [4.69, 9.17) is 0 Å². The van der Waals surface area contributed by atoms with Crippen LogP contribution < -0.4 is 0 Å². The van der Waals surface area contributed by atoms with Gasteiger partial charge >= 0.3 is 0 Å². The highest BCUT2D eigenvalue weighted by molar-refractivity contribution is 9.10. The largest absolute Gasteiger partial charge is 0.338 e. The Labute approximate surface area is 113 Å². The molecule has 1 fully saturated rings. The molecular weight excluding hydrogens is 305 g/mol. The second-order valence-corrected chi connectivity index (χ2v) is 5.88. The van der Waals surface area contributed by atoms with Crippen molar-refractivity contribution in [2.24, 2.45) is 0 Å². The van der Waals surface area contributed by atoms with Crippen molar-refractivity contribution in [3.63, 3.8) is 0 Å². The molecule has 0 unspecified atom stereocenters. The first-order valence-electron chi connectivity index (χ1n) is 5.51. The van der Waals surface area contributed by atoms with Crippen LogP contribution in [0.5, 0.6) is 0 Å². The number of carbonyl (C=O) groups excluding carboxylic acids is 1. The number of amides is 1. The smallest absolute Gasteiger partial charge is 0.255 e. The van der Waals surface area contributed by atoms with E-state index in [9.17, 15) is 9.18 Å². The van der Waals surface area contributed by atoms with Crippen molar-refractivity contribution in [1.82, 2.24) is 4.90 Å². The summed E-state index contributed by atoms with van der Waals surface area (Å²) in [4.78, 5) is 14.1. The van der Waals surface area contributed by atoms with E-state index in [1.807, 2.05) is 11.8 Å². The van der Waals surface area contributed by atoms with E-state index < -0.39 is 0 Å². The van der Waals surface area contributed by atoms with Gasteiger partial charge in [-0.05, 0) is 40.2 Å². The zero-order valence-corrected chi connectivity index (χ0v) is 11.7. The molecule has 0 saturated carbocycles. The monoisotopic (exact) mass is 317 g/mol. The highest BCUT2D eigenvalue weighted by Crippen LogP contribution is 2.23. The first-order valence-corrected chi connectivity index (χ1v) is 7.46. The van der Waals surface area contributed by atoms with Gasteiger partial charge in [-0.2, -0.15) is 11.8 Å². The Hall–Kier alpha value is -0.550. The summed E-state index contributed by atoms with van der Waals surface area (Å²) >= 11 is 5.00. The summed E-state index contributed by atoms with van der Waals surface area (Å²) in [6.07, 6.45) is 1.00. The Kier molecular flexibility index (Phi) is 4.45. The summed E-state index contributed by atoms with van der Waals surface area (Å²) in [5.74, 6) is 1.58. The summed E-state index contributed by atoms with van der Waals surface area (Å²) in [6, 6.07) is 4.58. The van der Waals surface area contributed by atoms with Crippen LogP contribution in [0.4, 0.5) is 4.39 Å². The molecule has 0 bridgehead atoms. The van der Waals surface area contributed by atoms with Crippen molar-refractivity contribution in [2.45, 2.75) is 6.42 Å². The molecule has 17 heavy (non-hydrogen) atoms. The van der Waals surface area contributed by atoms with E-state index in [2.05, 4.69) is 15.9 Å². The summed E-state index contributed by atoms with van der Waals surface area (Å²) in [6.45, 7) is 1.50. The van der Waals surface area contributed by atoms with Gasteiger partial charge in [-0.25, -0.2) is 4.39 Å². The molecule has 1 aromatic carbocycles. The number of halogens is 2. The molecule has 0 aromatic heterocycles. The van der Waals surface area contributed by atoms with Crippen molar-refractivity contribution >= 4 is 33.6 Å². The molecule has 1 aliphatic heterocycles. The SMILES string of the molecule is O=C(c1cccc(F)c1Br)N1CCCSCC1. The zero-order chi connectivity index (χ0) is 12.3. The van der Waals surface area contributed by atoms with Crippen LogP contribution in [0.2, 0.25) is 0 Å². The lowest BCUT2D eigenvalue weighted by Gasteiger charge is -2.20. The molecule has 1 aromatic rings. The summed E-state index contributed by atoms with van der Waals surface area (Å²) < 4.78 is 13.6. The topological polar surface area (TPSA) is 20.3 Å². The van der Waals surface area contributed by atoms with Crippen molar-refractivity contribution in [1.29, 1.82) is 0 Å². The molecular formula is C12H13BrFNOS. The van der Waals surface area contributed by atoms with Gasteiger partial charge in [0, 0.05) is 18.8 Å². The van der Waals surface area contributed by atoms with Crippen molar-refractivity contribution in [3.8, 4) is 0 Å². The van der Waals surface area contributed by atoms with Gasteiger partial charge in [0.15, 0.2) is 0 Å². The van der Waals surface area contributed by atoms with Crippen LogP contribution in [0.25, 0.3) is 0 Å². The second kappa shape index (κ2) is 5.87. The average Bonchev–Trinajstić information content (AvgIpc) is 2.60. The summed E-state index contributed by atoms with van der Waals surface area (Å²) in [5.41, 5.74) is 0.414. The lowest BCUT2D eigenvalue weighted by atomic mass is 10.2. The van der Waals surface area contributed by atoms with Crippen LogP contribution in [0, 0.1) is 5.82 Å². The fourth-order valence-electron chi connectivity index (χ4n) is 1.79. The first-order chi connectivity index (χ1) is 8.20. The van der Waals surface area contributed by atoms with Crippen molar-refractivity contribution in [3.05, 3.63) is 34.1 Å². The van der Waals surface area contributed by atoms with Crippen LogP contribution in [0.1, 0.15) is 16.8 Å². The molecule has 0 atom stereocenters. The lowest BCUT2D eigenvalue weighted by molar-refractivity contribution is 0.0767. The van der Waals surface area contributed by atoms with Crippen LogP contribution in [-0.4, -0.2) is 35.4 Å². The van der Waals surface area contributed by atoms with E-state index >= 15 is 0 Å². The molecule has 1 heterocycles. The fraction of sp³-hybridized carbons (Fsp3) is 0.417. The van der Waals surface area contributed by atoms with Gasteiger partial charge in [-0.3, -0.25) is 4.79 Å². The maximum Gasteiger partial charge on any atom is 0.255 e. The minimum absolute atomic E-state index is 0.0844. The highest BCUT2D eigenvalue weighted by atomic mass is 79.9. The molecule has 0 N–H and O–H groups in total. The van der Waals surface area contributed by atoms with Gasteiger partial charge in [0.05, 0.1) is 10.0 Å². The molecule has 2 nitrogen and oxygen atoms in total. The number of rotatable bonds is 1. The summed E-state index contributed by atoms with van der Waals surface area (Å²) in [5, 5.41) is 0. The predicted octanol–water partition coefficient (Wildman–Crippen LogP) is 3.17. The van der Waals surface area contributed by atoms with Crippen LogP contribution >= 0.6 is 27.7 Å². The number of hydrogen-bond donors (Lipinski definition) is 0. The van der Waals surface area contributed by atoms with Gasteiger partial charge in [-0.1, -0.05) is 6.07 Å². The minimum atomic E-state index is -0.389. The molecule has 1 aliphatic rings. The normalized spacial score (nSPS) is 16.7. The van der Waals surface area contributed by atoms with E-state index in [-0.39, 0.29) is 16.2 Å². The van der Waals surface area contributed by atoms with Gasteiger partial charge in [0.2, 0.25) is 0 Å². The Bertz CT molecular complexity index is 419. The maximum absolute atomic E-state index is 13.4. The van der Waals surface area contributed by atoms with Gasteiger partial charge in [-0.15, -0.1) is 0 Å².